The van der Waals surface area contributed by atoms with Gasteiger partial charge in [0.15, 0.2) is 11.9 Å². The largest absolute Gasteiger partial charge is 0.479 e. The van der Waals surface area contributed by atoms with Gasteiger partial charge in [-0.05, 0) is 6.07 Å². The zero-order chi connectivity index (χ0) is 13.9. The number of alkyl halides is 2. The molecule has 0 saturated carbocycles. The predicted molar refractivity (Wildman–Crippen MR) is 58.6 cm³/mol. The number of rotatable bonds is 5. The quantitative estimate of drug-likeness (QED) is 0.795. The van der Waals surface area contributed by atoms with Crippen molar-refractivity contribution >= 4 is 11.8 Å². The van der Waals surface area contributed by atoms with E-state index in [9.17, 15) is 23.5 Å². The van der Waals surface area contributed by atoms with Crippen molar-refractivity contribution in [3.05, 3.63) is 34.9 Å². The van der Waals surface area contributed by atoms with Gasteiger partial charge in [0.25, 0.3) is 6.43 Å². The second-order valence-corrected chi connectivity index (χ2v) is 3.66. The van der Waals surface area contributed by atoms with Gasteiger partial charge in [-0.25, -0.2) is 13.6 Å². The lowest BCUT2D eigenvalue weighted by molar-refractivity contribution is -0.146. The number of aliphatic carboxylic acids is 1. The van der Waals surface area contributed by atoms with Crippen LogP contribution in [0.5, 0.6) is 0 Å². The summed E-state index contributed by atoms with van der Waals surface area (Å²) in [6.45, 7) is 1.56. The summed E-state index contributed by atoms with van der Waals surface area (Å²) in [4.78, 5) is 22.2. The second-order valence-electron chi connectivity index (χ2n) is 3.66. The fraction of sp³-hybridized carbons (Fsp3) is 0.333. The van der Waals surface area contributed by atoms with Crippen LogP contribution < -0.4 is 0 Å². The van der Waals surface area contributed by atoms with Crippen molar-refractivity contribution in [3.63, 3.8) is 0 Å². The lowest BCUT2D eigenvalue weighted by Crippen LogP contribution is -2.15. The average Bonchev–Trinajstić information content (AvgIpc) is 2.35. The molecule has 1 aromatic rings. The topological polar surface area (TPSA) is 74.6 Å². The predicted octanol–water partition coefficient (Wildman–Crippen LogP) is 2.33. The summed E-state index contributed by atoms with van der Waals surface area (Å²) in [5.74, 6) is -2.00. The van der Waals surface area contributed by atoms with E-state index < -0.39 is 29.8 Å². The van der Waals surface area contributed by atoms with E-state index in [0.29, 0.717) is 0 Å². The van der Waals surface area contributed by atoms with Gasteiger partial charge in [-0.1, -0.05) is 19.1 Å². The highest BCUT2D eigenvalue weighted by molar-refractivity contribution is 5.98. The van der Waals surface area contributed by atoms with E-state index in [0.717, 1.165) is 18.2 Å². The first-order valence-electron chi connectivity index (χ1n) is 5.24. The molecular weight excluding hydrogens is 246 g/mol. The Bertz CT molecular complexity index is 471. The summed E-state index contributed by atoms with van der Waals surface area (Å²) in [5.41, 5.74) is -0.776. The molecule has 0 spiro atoms. The first-order chi connectivity index (χ1) is 8.38. The number of halogens is 2. The van der Waals surface area contributed by atoms with E-state index in [-0.39, 0.29) is 17.5 Å². The van der Waals surface area contributed by atoms with Crippen LogP contribution >= 0.6 is 0 Å². The Hall–Kier alpha value is -1.82. The summed E-state index contributed by atoms with van der Waals surface area (Å²) >= 11 is 0. The normalized spacial score (nSPS) is 12.5. The standard InChI is InChI=1S/C12H12F2O4/c1-2-9(15)7-4-3-6(11(13)14)5-8(7)10(16)12(17)18/h3-5,10-11,16H,2H2,1H3,(H,17,18). The van der Waals surface area contributed by atoms with Crippen molar-refractivity contribution in [1.82, 2.24) is 0 Å². The van der Waals surface area contributed by atoms with Crippen molar-refractivity contribution < 1.29 is 28.6 Å². The van der Waals surface area contributed by atoms with Gasteiger partial charge in [-0.3, -0.25) is 4.79 Å². The van der Waals surface area contributed by atoms with Crippen molar-refractivity contribution in [3.8, 4) is 0 Å². The van der Waals surface area contributed by atoms with E-state index in [4.69, 9.17) is 5.11 Å². The van der Waals surface area contributed by atoms with E-state index in [1.54, 1.807) is 6.92 Å². The van der Waals surface area contributed by atoms with Crippen LogP contribution in [0.15, 0.2) is 18.2 Å². The maximum atomic E-state index is 12.5. The third-order valence-electron chi connectivity index (χ3n) is 2.48. The molecule has 0 amide bonds. The van der Waals surface area contributed by atoms with E-state index in [2.05, 4.69) is 0 Å². The Balaban J connectivity index is 3.35. The molecule has 4 nitrogen and oxygen atoms in total. The van der Waals surface area contributed by atoms with Crippen LogP contribution in [0.3, 0.4) is 0 Å². The molecule has 6 heteroatoms. The summed E-state index contributed by atoms with van der Waals surface area (Å²) in [6.07, 6.45) is -4.70. The molecule has 0 saturated heterocycles. The highest BCUT2D eigenvalue weighted by Gasteiger charge is 2.24. The van der Waals surface area contributed by atoms with Gasteiger partial charge in [0, 0.05) is 23.1 Å². The first-order valence-corrected chi connectivity index (χ1v) is 5.24. The van der Waals surface area contributed by atoms with Crippen LogP contribution in [0.25, 0.3) is 0 Å². The number of hydrogen-bond acceptors (Lipinski definition) is 3. The van der Waals surface area contributed by atoms with Crippen LogP contribution in [0.2, 0.25) is 0 Å². The fourth-order valence-corrected chi connectivity index (χ4v) is 1.52. The molecule has 2 N–H and O–H groups in total. The lowest BCUT2D eigenvalue weighted by atomic mass is 9.95. The maximum Gasteiger partial charge on any atom is 0.337 e. The molecule has 0 aliphatic heterocycles. The van der Waals surface area contributed by atoms with Crippen molar-refractivity contribution in [2.24, 2.45) is 0 Å². The lowest BCUT2D eigenvalue weighted by Gasteiger charge is -2.13. The smallest absolute Gasteiger partial charge is 0.337 e. The zero-order valence-electron chi connectivity index (χ0n) is 9.56. The van der Waals surface area contributed by atoms with Gasteiger partial charge in [-0.15, -0.1) is 0 Å². The highest BCUT2D eigenvalue weighted by atomic mass is 19.3. The highest BCUT2D eigenvalue weighted by Crippen LogP contribution is 2.26. The monoisotopic (exact) mass is 258 g/mol. The second kappa shape index (κ2) is 5.68. The number of ketones is 1. The molecule has 0 aliphatic rings. The van der Waals surface area contributed by atoms with Gasteiger partial charge < -0.3 is 10.2 Å². The Morgan fingerprint density at radius 1 is 1.33 bits per heavy atom. The van der Waals surface area contributed by atoms with Gasteiger partial charge >= 0.3 is 5.97 Å². The summed E-state index contributed by atoms with van der Waals surface area (Å²) in [5, 5.41) is 18.1. The average molecular weight is 258 g/mol. The Morgan fingerprint density at radius 2 is 1.94 bits per heavy atom. The van der Waals surface area contributed by atoms with Crippen LogP contribution in [-0.2, 0) is 4.79 Å². The third-order valence-corrected chi connectivity index (χ3v) is 2.48. The molecule has 98 valence electrons. The van der Waals surface area contributed by atoms with E-state index in [1.165, 1.54) is 0 Å². The fourth-order valence-electron chi connectivity index (χ4n) is 1.52. The van der Waals surface area contributed by atoms with Gasteiger partial charge in [0.05, 0.1) is 0 Å². The number of aliphatic hydroxyl groups is 1. The molecule has 1 rings (SSSR count). The Morgan fingerprint density at radius 3 is 2.39 bits per heavy atom. The maximum absolute atomic E-state index is 12.5. The number of hydrogen-bond donors (Lipinski definition) is 2. The van der Waals surface area contributed by atoms with Gasteiger partial charge in [0.1, 0.15) is 0 Å². The molecule has 1 atom stereocenters. The van der Waals surface area contributed by atoms with E-state index >= 15 is 0 Å². The van der Waals surface area contributed by atoms with Crippen molar-refractivity contribution in [2.45, 2.75) is 25.9 Å². The minimum Gasteiger partial charge on any atom is -0.479 e. The minimum absolute atomic E-state index is 0.0446. The number of Topliss-reactive ketones (excluding diaryl/α,β-unsaturated/α-hetero) is 1. The van der Waals surface area contributed by atoms with Crippen LogP contribution in [0.4, 0.5) is 8.78 Å². The third kappa shape index (κ3) is 2.89. The van der Waals surface area contributed by atoms with Crippen molar-refractivity contribution in [1.29, 1.82) is 0 Å². The number of aliphatic hydroxyl groups excluding tert-OH is 1. The van der Waals surface area contributed by atoms with Gasteiger partial charge in [-0.2, -0.15) is 0 Å². The number of carboxylic acid groups (broad SMARTS) is 1. The number of carbonyl (C=O) groups excluding carboxylic acids is 1. The van der Waals surface area contributed by atoms with E-state index in [1.807, 2.05) is 0 Å². The number of benzene rings is 1. The SMILES string of the molecule is CCC(=O)c1ccc(C(F)F)cc1C(O)C(=O)O. The zero-order valence-corrected chi connectivity index (χ0v) is 9.56. The molecule has 0 aromatic heterocycles. The minimum atomic E-state index is -2.80. The molecule has 0 bridgehead atoms. The van der Waals surface area contributed by atoms with Crippen LogP contribution in [0, 0.1) is 0 Å². The molecule has 0 radical (unpaired) electrons. The molecule has 1 aromatic carbocycles. The molecular formula is C12H12F2O4. The molecule has 18 heavy (non-hydrogen) atoms. The molecule has 0 heterocycles. The Kier molecular flexibility index (Phi) is 4.49. The van der Waals surface area contributed by atoms with Crippen LogP contribution in [0.1, 0.15) is 47.4 Å². The summed E-state index contributed by atoms with van der Waals surface area (Å²) in [7, 11) is 0. The first kappa shape index (κ1) is 14.2. The summed E-state index contributed by atoms with van der Waals surface area (Å²) < 4.78 is 25.0. The van der Waals surface area contributed by atoms with Crippen molar-refractivity contribution in [2.75, 3.05) is 0 Å². The Labute approximate surface area is 102 Å². The molecule has 0 fully saturated rings. The molecule has 1 unspecified atom stereocenters. The summed E-state index contributed by atoms with van der Waals surface area (Å²) in [6, 6.07) is 3.02. The number of carboxylic acids is 1. The van der Waals surface area contributed by atoms with Crippen LogP contribution in [-0.4, -0.2) is 22.0 Å². The number of carbonyl (C=O) groups is 2. The molecule has 0 aliphatic carbocycles. The van der Waals surface area contributed by atoms with Gasteiger partial charge in [0.2, 0.25) is 0 Å².